The van der Waals surface area contributed by atoms with Crippen molar-refractivity contribution in [2.24, 2.45) is 51.8 Å². The Labute approximate surface area is 190 Å². The van der Waals surface area contributed by atoms with E-state index in [0.29, 0.717) is 12.3 Å². The molecular formula is C26H37NO5. The minimum atomic E-state index is -0.728. The lowest BCUT2D eigenvalue weighted by Gasteiger charge is -2.68. The van der Waals surface area contributed by atoms with Crippen molar-refractivity contribution >= 4 is 17.8 Å². The molecule has 6 rings (SSSR count). The molecule has 2 N–H and O–H groups in total. The third kappa shape index (κ3) is 2.48. The number of aliphatic carboxylic acids is 1. The predicted molar refractivity (Wildman–Crippen MR) is 118 cm³/mol. The van der Waals surface area contributed by atoms with Crippen LogP contribution in [0.4, 0.5) is 0 Å². The lowest BCUT2D eigenvalue weighted by atomic mass is 9.34. The second-order valence-corrected chi connectivity index (χ2v) is 12.0. The summed E-state index contributed by atoms with van der Waals surface area (Å²) in [5.41, 5.74) is 0.0547. The summed E-state index contributed by atoms with van der Waals surface area (Å²) in [6.07, 6.45) is 7.42. The Balaban J connectivity index is 1.65. The molecule has 6 nitrogen and oxygen atoms in total. The molecule has 176 valence electrons. The normalized spacial score (nSPS) is 47.2. The molecule has 0 aromatic carbocycles. The number of imide groups is 1. The van der Waals surface area contributed by atoms with E-state index < -0.39 is 11.4 Å². The van der Waals surface area contributed by atoms with Crippen molar-refractivity contribution in [2.75, 3.05) is 13.2 Å². The number of aliphatic hydroxyl groups is 1. The van der Waals surface area contributed by atoms with Crippen LogP contribution in [0.2, 0.25) is 0 Å². The summed E-state index contributed by atoms with van der Waals surface area (Å²) >= 11 is 0. The summed E-state index contributed by atoms with van der Waals surface area (Å²) in [4.78, 5) is 40.7. The van der Waals surface area contributed by atoms with Gasteiger partial charge in [0.1, 0.15) is 0 Å². The largest absolute Gasteiger partial charge is 0.481 e. The Morgan fingerprint density at radius 2 is 1.88 bits per heavy atom. The summed E-state index contributed by atoms with van der Waals surface area (Å²) in [5.74, 6) is -0.918. The zero-order valence-corrected chi connectivity index (χ0v) is 19.8. The van der Waals surface area contributed by atoms with Crippen molar-refractivity contribution in [3.05, 3.63) is 11.6 Å². The molecule has 4 fully saturated rings. The van der Waals surface area contributed by atoms with Gasteiger partial charge in [-0.2, -0.15) is 0 Å². The fourth-order valence-electron chi connectivity index (χ4n) is 9.34. The second-order valence-electron chi connectivity index (χ2n) is 12.0. The molecule has 1 spiro atoms. The van der Waals surface area contributed by atoms with Gasteiger partial charge < -0.3 is 10.2 Å². The Morgan fingerprint density at radius 3 is 2.50 bits per heavy atom. The molecular weight excluding hydrogens is 406 g/mol. The molecule has 0 unspecified atom stereocenters. The van der Waals surface area contributed by atoms with E-state index in [1.165, 1.54) is 10.5 Å². The van der Waals surface area contributed by atoms with Crippen LogP contribution in [0.5, 0.6) is 0 Å². The van der Waals surface area contributed by atoms with Crippen LogP contribution in [0.3, 0.4) is 0 Å². The maximum atomic E-state index is 13.6. The van der Waals surface area contributed by atoms with Gasteiger partial charge >= 0.3 is 5.97 Å². The molecule has 32 heavy (non-hydrogen) atoms. The van der Waals surface area contributed by atoms with E-state index in [-0.39, 0.29) is 65.4 Å². The Morgan fingerprint density at radius 1 is 1.16 bits per heavy atom. The quantitative estimate of drug-likeness (QED) is 0.512. The van der Waals surface area contributed by atoms with Crippen molar-refractivity contribution in [3.63, 3.8) is 0 Å². The number of likely N-dealkylation sites (tertiary alicyclic amines) is 1. The highest BCUT2D eigenvalue weighted by atomic mass is 16.4. The first-order valence-electron chi connectivity index (χ1n) is 12.4. The highest BCUT2D eigenvalue weighted by Gasteiger charge is 2.73. The van der Waals surface area contributed by atoms with Crippen molar-refractivity contribution in [3.8, 4) is 0 Å². The Hall–Kier alpha value is -1.69. The molecule has 2 amide bonds. The van der Waals surface area contributed by atoms with E-state index >= 15 is 0 Å². The Bertz CT molecular complexity index is 910. The summed E-state index contributed by atoms with van der Waals surface area (Å²) in [6, 6.07) is 0. The first kappa shape index (κ1) is 22.1. The topological polar surface area (TPSA) is 94.9 Å². The standard InChI is InChI=1S/C26H37NO5/c1-14(2)16-13-26-9-6-17-24(3,7-5-8-25(17,4)23(31)32)18(26)12-15(16)19-20(26)22(30)27(10-11-28)21(19)29/h13-15,17-20,28H,5-12H2,1-4H3,(H,31,32)/t15-,17-,18-,19-,20+,24+,25-,26+/m1/s1. The fourth-order valence-corrected chi connectivity index (χ4v) is 9.34. The molecule has 6 aliphatic rings. The smallest absolute Gasteiger partial charge is 0.309 e. The van der Waals surface area contributed by atoms with Crippen LogP contribution in [0.15, 0.2) is 11.6 Å². The lowest BCUT2D eigenvalue weighted by Crippen LogP contribution is -2.65. The van der Waals surface area contributed by atoms with Crippen molar-refractivity contribution in [1.29, 1.82) is 0 Å². The Kier molecular flexibility index (Phi) is 4.78. The van der Waals surface area contributed by atoms with Crippen LogP contribution in [-0.4, -0.2) is 46.0 Å². The van der Waals surface area contributed by atoms with E-state index in [0.717, 1.165) is 32.1 Å². The van der Waals surface area contributed by atoms with Crippen LogP contribution in [0, 0.1) is 51.8 Å². The zero-order chi connectivity index (χ0) is 23.2. The average Bonchev–Trinajstić information content (AvgIpc) is 3.00. The van der Waals surface area contributed by atoms with Crippen LogP contribution in [-0.2, 0) is 14.4 Å². The van der Waals surface area contributed by atoms with Gasteiger partial charge in [-0.3, -0.25) is 19.3 Å². The average molecular weight is 444 g/mol. The van der Waals surface area contributed by atoms with E-state index in [1.54, 1.807) is 0 Å². The molecule has 1 aliphatic heterocycles. The number of hydrogen-bond donors (Lipinski definition) is 2. The third-order valence-electron chi connectivity index (χ3n) is 10.6. The summed E-state index contributed by atoms with van der Waals surface area (Å²) in [5, 5.41) is 19.7. The van der Waals surface area contributed by atoms with Gasteiger partial charge in [0, 0.05) is 5.41 Å². The molecule has 2 bridgehead atoms. The number of hydrogen-bond acceptors (Lipinski definition) is 4. The van der Waals surface area contributed by atoms with Crippen LogP contribution in [0.25, 0.3) is 0 Å². The molecule has 3 saturated carbocycles. The maximum Gasteiger partial charge on any atom is 0.309 e. The van der Waals surface area contributed by atoms with Crippen LogP contribution in [0.1, 0.15) is 66.2 Å². The summed E-state index contributed by atoms with van der Waals surface area (Å²) < 4.78 is 0. The fraction of sp³-hybridized carbons (Fsp3) is 0.808. The van der Waals surface area contributed by atoms with Gasteiger partial charge in [0.15, 0.2) is 0 Å². The molecule has 0 aromatic rings. The van der Waals surface area contributed by atoms with Gasteiger partial charge in [0.25, 0.3) is 0 Å². The number of aliphatic hydroxyl groups excluding tert-OH is 1. The number of amides is 2. The highest BCUT2D eigenvalue weighted by molar-refractivity contribution is 6.06. The number of nitrogens with zero attached hydrogens (tertiary/aromatic N) is 1. The maximum absolute atomic E-state index is 13.6. The highest BCUT2D eigenvalue weighted by Crippen LogP contribution is 2.74. The molecule has 8 atom stereocenters. The van der Waals surface area contributed by atoms with E-state index in [9.17, 15) is 24.6 Å². The molecule has 1 saturated heterocycles. The van der Waals surface area contributed by atoms with Gasteiger partial charge in [0.2, 0.25) is 11.8 Å². The number of carbonyl (C=O) groups excluding carboxylic acids is 2. The van der Waals surface area contributed by atoms with Crippen LogP contribution >= 0.6 is 0 Å². The van der Waals surface area contributed by atoms with Gasteiger partial charge in [-0.1, -0.05) is 38.8 Å². The van der Waals surface area contributed by atoms with Crippen molar-refractivity contribution in [2.45, 2.75) is 66.2 Å². The predicted octanol–water partition coefficient (Wildman–Crippen LogP) is 3.49. The number of β-amino-alcohol motifs (C(OH)–C–C–N with tert-alkyl or cyclic N) is 1. The summed E-state index contributed by atoms with van der Waals surface area (Å²) in [7, 11) is 0. The third-order valence-corrected chi connectivity index (χ3v) is 10.6. The number of rotatable bonds is 4. The molecule has 5 aliphatic carbocycles. The minimum Gasteiger partial charge on any atom is -0.481 e. The number of fused-ring (bicyclic) bond motifs is 1. The van der Waals surface area contributed by atoms with Crippen LogP contribution < -0.4 is 0 Å². The molecule has 0 aromatic heterocycles. The van der Waals surface area contributed by atoms with Crippen molar-refractivity contribution < 1.29 is 24.6 Å². The second kappa shape index (κ2) is 6.91. The first-order chi connectivity index (χ1) is 15.0. The van der Waals surface area contributed by atoms with Gasteiger partial charge in [0.05, 0.1) is 30.4 Å². The van der Waals surface area contributed by atoms with Gasteiger partial charge in [-0.05, 0) is 68.1 Å². The van der Waals surface area contributed by atoms with Gasteiger partial charge in [-0.15, -0.1) is 0 Å². The number of carbonyl (C=O) groups is 3. The van der Waals surface area contributed by atoms with E-state index in [2.05, 4.69) is 26.8 Å². The summed E-state index contributed by atoms with van der Waals surface area (Å²) in [6.45, 7) is 8.44. The molecule has 0 radical (unpaired) electrons. The lowest BCUT2D eigenvalue weighted by molar-refractivity contribution is -0.194. The monoisotopic (exact) mass is 443 g/mol. The van der Waals surface area contributed by atoms with Gasteiger partial charge in [-0.25, -0.2) is 0 Å². The SMILES string of the molecule is CC(C)C1=C[C@@]23CC[C@@H]4[C@](C)(CCC[C@@]4(C)C(=O)O)[C@H]2C[C@H]1[C@H]1C(=O)N(CCO)C(=O)[C@H]13. The van der Waals surface area contributed by atoms with Crippen molar-refractivity contribution in [1.82, 2.24) is 4.90 Å². The number of carboxylic acids is 1. The van der Waals surface area contributed by atoms with E-state index in [4.69, 9.17) is 0 Å². The first-order valence-corrected chi connectivity index (χ1v) is 12.4. The minimum absolute atomic E-state index is 0.0422. The van der Waals surface area contributed by atoms with E-state index in [1.807, 2.05) is 6.92 Å². The molecule has 6 heteroatoms. The molecule has 1 heterocycles. The zero-order valence-electron chi connectivity index (χ0n) is 19.8. The number of allylic oxidation sites excluding steroid dienone is 2. The number of carboxylic acid groups (broad SMARTS) is 1.